The summed E-state index contributed by atoms with van der Waals surface area (Å²) in [6.07, 6.45) is 3.14. The van der Waals surface area contributed by atoms with Crippen LogP contribution in [0.4, 0.5) is 5.69 Å². The van der Waals surface area contributed by atoms with Gasteiger partial charge < -0.3 is 5.73 Å². The molecule has 0 amide bonds. The first kappa shape index (κ1) is 16.3. The Hall–Kier alpha value is -1.11. The largest absolute Gasteiger partial charge is 0.398 e. The molecule has 118 valence electrons. The number of nitrogens with one attached hydrogen (secondary N) is 1. The van der Waals surface area contributed by atoms with E-state index >= 15 is 0 Å². The zero-order chi connectivity index (χ0) is 15.8. The number of nitrogens with two attached hydrogens (primary N) is 1. The number of nitrogens with zero attached hydrogens (tertiary/aromatic N) is 1. The fraction of sp³-hybridized carbons (Fsp3) is 0.600. The van der Waals surface area contributed by atoms with Crippen LogP contribution in [-0.2, 0) is 10.0 Å². The van der Waals surface area contributed by atoms with Crippen LogP contribution >= 0.6 is 0 Å². The Labute approximate surface area is 127 Å². The molecular formula is C15H25N3O2S. The number of hydrogen-bond acceptors (Lipinski definition) is 4. The number of hydrazine groups is 1. The maximum absolute atomic E-state index is 12.8. The number of benzene rings is 1. The summed E-state index contributed by atoms with van der Waals surface area (Å²) < 4.78 is 25.6. The average molecular weight is 311 g/mol. The van der Waals surface area contributed by atoms with Crippen molar-refractivity contribution in [3.8, 4) is 0 Å². The van der Waals surface area contributed by atoms with Gasteiger partial charge in [-0.25, -0.2) is 13.4 Å². The maximum Gasteiger partial charge on any atom is 0.254 e. The van der Waals surface area contributed by atoms with Gasteiger partial charge >= 0.3 is 0 Å². The lowest BCUT2D eigenvalue weighted by Crippen LogP contribution is -2.54. The Bertz CT molecular complexity index is 618. The second-order valence-corrected chi connectivity index (χ2v) is 7.65. The van der Waals surface area contributed by atoms with Crippen LogP contribution < -0.4 is 10.6 Å². The molecule has 0 bridgehead atoms. The minimum atomic E-state index is -3.61. The zero-order valence-electron chi connectivity index (χ0n) is 13.2. The molecule has 21 heavy (non-hydrogen) atoms. The third kappa shape index (κ3) is 3.22. The molecule has 6 heteroatoms. The molecule has 1 aromatic carbocycles. The van der Waals surface area contributed by atoms with Crippen LogP contribution in [0.15, 0.2) is 17.0 Å². The van der Waals surface area contributed by atoms with Crippen molar-refractivity contribution in [2.45, 2.75) is 63.9 Å². The lowest BCUT2D eigenvalue weighted by molar-refractivity contribution is 0.0790. The van der Waals surface area contributed by atoms with E-state index in [0.29, 0.717) is 21.7 Å². The van der Waals surface area contributed by atoms with Crippen molar-refractivity contribution in [2.24, 2.45) is 0 Å². The second-order valence-electron chi connectivity index (χ2n) is 6.06. The number of sulfonamides is 1. The molecule has 2 unspecified atom stereocenters. The van der Waals surface area contributed by atoms with E-state index in [-0.39, 0.29) is 12.1 Å². The molecule has 5 nitrogen and oxygen atoms in total. The van der Waals surface area contributed by atoms with Crippen molar-refractivity contribution < 1.29 is 8.42 Å². The van der Waals surface area contributed by atoms with Gasteiger partial charge in [-0.05, 0) is 57.7 Å². The minimum Gasteiger partial charge on any atom is -0.398 e. The second kappa shape index (κ2) is 5.94. The lowest BCUT2D eigenvalue weighted by atomic mass is 10.0. The third-order valence-electron chi connectivity index (χ3n) is 4.33. The van der Waals surface area contributed by atoms with Crippen molar-refractivity contribution in [1.29, 1.82) is 0 Å². The van der Waals surface area contributed by atoms with Gasteiger partial charge in [0, 0.05) is 17.8 Å². The highest BCUT2D eigenvalue weighted by molar-refractivity contribution is 7.89. The van der Waals surface area contributed by atoms with E-state index in [2.05, 4.69) is 18.7 Å². The van der Waals surface area contributed by atoms with Gasteiger partial charge in [0.1, 0.15) is 0 Å². The molecule has 0 aromatic heterocycles. The molecule has 0 saturated carbocycles. The quantitative estimate of drug-likeness (QED) is 0.840. The van der Waals surface area contributed by atoms with Crippen LogP contribution in [0.5, 0.6) is 0 Å². The molecule has 3 N–H and O–H groups in total. The predicted octanol–water partition coefficient (Wildman–Crippen LogP) is 2.34. The van der Waals surface area contributed by atoms with Crippen molar-refractivity contribution in [1.82, 2.24) is 9.84 Å². The van der Waals surface area contributed by atoms with Gasteiger partial charge in [0.05, 0.1) is 4.90 Å². The normalized spacial score (nSPS) is 24.2. The molecule has 1 saturated heterocycles. The fourth-order valence-electron chi connectivity index (χ4n) is 3.04. The first-order valence-electron chi connectivity index (χ1n) is 7.40. The number of piperidine rings is 1. The summed E-state index contributed by atoms with van der Waals surface area (Å²) in [6, 6.07) is 3.89. The van der Waals surface area contributed by atoms with Gasteiger partial charge in [-0.2, -0.15) is 0 Å². The summed E-state index contributed by atoms with van der Waals surface area (Å²) in [5, 5.41) is 1.86. The highest BCUT2D eigenvalue weighted by Gasteiger charge is 2.30. The summed E-state index contributed by atoms with van der Waals surface area (Å²) in [6.45, 7) is 7.65. The highest BCUT2D eigenvalue weighted by Crippen LogP contribution is 2.27. The smallest absolute Gasteiger partial charge is 0.254 e. The van der Waals surface area contributed by atoms with Gasteiger partial charge in [-0.3, -0.25) is 0 Å². The molecule has 2 rings (SSSR count). The topological polar surface area (TPSA) is 75.4 Å². The first-order valence-corrected chi connectivity index (χ1v) is 8.89. The Balaban J connectivity index is 2.37. The number of hydrogen-bond donors (Lipinski definition) is 2. The molecule has 1 aliphatic heterocycles. The summed E-state index contributed by atoms with van der Waals surface area (Å²) >= 11 is 0. The van der Waals surface area contributed by atoms with Crippen molar-refractivity contribution in [3.05, 3.63) is 23.3 Å². The molecule has 1 fully saturated rings. The third-order valence-corrected chi connectivity index (χ3v) is 5.95. The maximum atomic E-state index is 12.8. The van der Waals surface area contributed by atoms with E-state index < -0.39 is 10.0 Å². The summed E-state index contributed by atoms with van der Waals surface area (Å²) in [7, 11) is -3.61. The van der Waals surface area contributed by atoms with Crippen LogP contribution in [0, 0.1) is 13.8 Å². The van der Waals surface area contributed by atoms with Crippen molar-refractivity contribution in [2.75, 3.05) is 5.73 Å². The number of rotatable bonds is 3. The fourth-order valence-corrected chi connectivity index (χ4v) is 4.78. The summed E-state index contributed by atoms with van der Waals surface area (Å²) in [5.74, 6) is 0. The SMILES string of the molecule is Cc1ccc(N)c(C)c1S(=O)(=O)NN1C(C)CCCC1C. The van der Waals surface area contributed by atoms with Gasteiger partial charge in [0.15, 0.2) is 0 Å². The minimum absolute atomic E-state index is 0.199. The van der Waals surface area contributed by atoms with Crippen LogP contribution in [0.3, 0.4) is 0 Å². The van der Waals surface area contributed by atoms with Gasteiger partial charge in [0.2, 0.25) is 0 Å². The Kier molecular flexibility index (Phi) is 4.60. The molecule has 0 aliphatic carbocycles. The van der Waals surface area contributed by atoms with E-state index in [0.717, 1.165) is 19.3 Å². The standard InChI is InChI=1S/C15H25N3O2S/c1-10-8-9-14(16)13(4)15(10)21(19,20)17-18-11(2)6-5-7-12(18)3/h8-9,11-12,17H,5-7,16H2,1-4H3. The van der Waals surface area contributed by atoms with Crippen LogP contribution in [0.2, 0.25) is 0 Å². The van der Waals surface area contributed by atoms with E-state index in [1.165, 1.54) is 0 Å². The van der Waals surface area contributed by atoms with E-state index in [1.807, 2.05) is 5.01 Å². The van der Waals surface area contributed by atoms with Gasteiger partial charge in [0.25, 0.3) is 10.0 Å². The number of anilines is 1. The molecule has 1 aliphatic rings. The number of nitrogen functional groups attached to an aromatic ring is 1. The number of aryl methyl sites for hydroxylation is 1. The lowest BCUT2D eigenvalue weighted by Gasteiger charge is -2.38. The Morgan fingerprint density at radius 1 is 1.19 bits per heavy atom. The Morgan fingerprint density at radius 3 is 2.33 bits per heavy atom. The van der Waals surface area contributed by atoms with Gasteiger partial charge in [-0.1, -0.05) is 12.5 Å². The molecule has 0 radical (unpaired) electrons. The summed E-state index contributed by atoms with van der Waals surface area (Å²) in [5.41, 5.74) is 7.69. The average Bonchev–Trinajstić information content (AvgIpc) is 2.39. The highest BCUT2D eigenvalue weighted by atomic mass is 32.2. The van der Waals surface area contributed by atoms with E-state index in [1.54, 1.807) is 26.0 Å². The molecular weight excluding hydrogens is 286 g/mol. The van der Waals surface area contributed by atoms with Crippen LogP contribution in [0.25, 0.3) is 0 Å². The summed E-state index contributed by atoms with van der Waals surface area (Å²) in [4.78, 5) is 3.07. The van der Waals surface area contributed by atoms with Crippen molar-refractivity contribution >= 4 is 15.7 Å². The van der Waals surface area contributed by atoms with E-state index in [4.69, 9.17) is 5.73 Å². The van der Waals surface area contributed by atoms with Crippen molar-refractivity contribution in [3.63, 3.8) is 0 Å². The molecule has 2 atom stereocenters. The van der Waals surface area contributed by atoms with Crippen LogP contribution in [-0.4, -0.2) is 25.5 Å². The van der Waals surface area contributed by atoms with E-state index in [9.17, 15) is 8.42 Å². The van der Waals surface area contributed by atoms with Crippen LogP contribution in [0.1, 0.15) is 44.2 Å². The zero-order valence-corrected chi connectivity index (χ0v) is 14.0. The molecule has 0 spiro atoms. The molecule has 1 aromatic rings. The monoisotopic (exact) mass is 311 g/mol. The Morgan fingerprint density at radius 2 is 1.76 bits per heavy atom. The predicted molar refractivity (Wildman–Crippen MR) is 85.3 cm³/mol. The first-order chi connectivity index (χ1) is 9.74. The molecule has 1 heterocycles. The van der Waals surface area contributed by atoms with Gasteiger partial charge in [-0.15, -0.1) is 4.83 Å².